The van der Waals surface area contributed by atoms with E-state index in [-0.39, 0.29) is 5.97 Å². The molecule has 4 nitrogen and oxygen atoms in total. The lowest BCUT2D eigenvalue weighted by Gasteiger charge is -2.21. The maximum absolute atomic E-state index is 11.5. The molecule has 1 saturated heterocycles. The summed E-state index contributed by atoms with van der Waals surface area (Å²) >= 11 is 0. The van der Waals surface area contributed by atoms with Crippen LogP contribution in [0.15, 0.2) is 12.7 Å². The molecule has 0 aromatic carbocycles. The highest BCUT2D eigenvalue weighted by atomic mass is 16.6. The minimum absolute atomic E-state index is 0.191. The molecule has 1 atom stereocenters. The summed E-state index contributed by atoms with van der Waals surface area (Å²) in [5.74, 6) is -0.191. The molecule has 0 spiro atoms. The third-order valence-electron chi connectivity index (χ3n) is 3.29. The minimum atomic E-state index is -0.410. The molecule has 1 heterocycles. The highest BCUT2D eigenvalue weighted by molar-refractivity contribution is 5.69. The molecule has 0 bridgehead atoms. The summed E-state index contributed by atoms with van der Waals surface area (Å²) in [5, 5.41) is 0. The lowest BCUT2D eigenvalue weighted by molar-refractivity contribution is -0.156. The van der Waals surface area contributed by atoms with Crippen LogP contribution in [0.4, 0.5) is 0 Å². The van der Waals surface area contributed by atoms with Crippen LogP contribution in [0.5, 0.6) is 0 Å². The number of ether oxygens (including phenoxy) is 2. The zero-order valence-corrected chi connectivity index (χ0v) is 13.2. The molecule has 20 heavy (non-hydrogen) atoms. The maximum atomic E-state index is 11.5. The maximum Gasteiger partial charge on any atom is 0.308 e. The Morgan fingerprint density at radius 1 is 1.40 bits per heavy atom. The van der Waals surface area contributed by atoms with Crippen LogP contribution in [0.3, 0.4) is 0 Å². The summed E-state index contributed by atoms with van der Waals surface area (Å²) in [6.45, 7) is 12.8. The van der Waals surface area contributed by atoms with E-state index in [2.05, 4.69) is 11.5 Å². The van der Waals surface area contributed by atoms with Crippen LogP contribution in [-0.2, 0) is 14.3 Å². The fourth-order valence-electron chi connectivity index (χ4n) is 2.42. The lowest BCUT2D eigenvalue weighted by Crippen LogP contribution is -2.29. The largest absolute Gasteiger partial charge is 0.460 e. The molecule has 1 unspecified atom stereocenters. The Labute approximate surface area is 123 Å². The van der Waals surface area contributed by atoms with E-state index in [9.17, 15) is 4.79 Å². The van der Waals surface area contributed by atoms with Gasteiger partial charge in [-0.15, -0.1) is 6.58 Å². The van der Waals surface area contributed by atoms with Crippen molar-refractivity contribution in [1.29, 1.82) is 0 Å². The molecule has 1 rings (SSSR count). The molecule has 0 aromatic heterocycles. The average Bonchev–Trinajstić information content (AvgIpc) is 2.78. The highest BCUT2D eigenvalue weighted by Crippen LogP contribution is 2.17. The van der Waals surface area contributed by atoms with Crippen molar-refractivity contribution in [2.45, 2.75) is 58.1 Å². The van der Waals surface area contributed by atoms with Crippen molar-refractivity contribution in [2.24, 2.45) is 0 Å². The summed E-state index contributed by atoms with van der Waals surface area (Å²) in [4.78, 5) is 13.9. The summed E-state index contributed by atoms with van der Waals surface area (Å²) < 4.78 is 10.7. The quantitative estimate of drug-likeness (QED) is 0.390. The van der Waals surface area contributed by atoms with E-state index in [1.54, 1.807) is 0 Å². The Hall–Kier alpha value is -0.870. The van der Waals surface area contributed by atoms with Crippen molar-refractivity contribution >= 4 is 5.97 Å². The number of esters is 1. The van der Waals surface area contributed by atoms with Gasteiger partial charge in [0.05, 0.1) is 13.0 Å². The van der Waals surface area contributed by atoms with E-state index in [1.807, 2.05) is 26.8 Å². The number of rotatable bonds is 8. The van der Waals surface area contributed by atoms with E-state index >= 15 is 0 Å². The van der Waals surface area contributed by atoms with Crippen molar-refractivity contribution in [1.82, 2.24) is 4.90 Å². The van der Waals surface area contributed by atoms with Crippen LogP contribution < -0.4 is 0 Å². The van der Waals surface area contributed by atoms with Crippen LogP contribution >= 0.6 is 0 Å². The predicted octanol–water partition coefficient (Wildman–Crippen LogP) is 2.78. The second-order valence-corrected chi connectivity index (χ2v) is 6.28. The first-order valence-corrected chi connectivity index (χ1v) is 7.58. The van der Waals surface area contributed by atoms with Gasteiger partial charge >= 0.3 is 5.97 Å². The van der Waals surface area contributed by atoms with Crippen molar-refractivity contribution in [3.8, 4) is 0 Å². The first kappa shape index (κ1) is 17.2. The molecule has 4 heteroatoms. The molecule has 0 N–H and O–H groups in total. The van der Waals surface area contributed by atoms with Gasteiger partial charge in [-0.25, -0.2) is 0 Å². The van der Waals surface area contributed by atoms with Gasteiger partial charge in [-0.3, -0.25) is 9.69 Å². The first-order valence-electron chi connectivity index (χ1n) is 7.58. The molecule has 1 aliphatic heterocycles. The molecule has 116 valence electrons. The van der Waals surface area contributed by atoms with Gasteiger partial charge in [-0.2, -0.15) is 0 Å². The molecule has 0 aromatic rings. The molecular formula is C16H29NO3. The normalized spacial score (nSPS) is 20.1. The van der Waals surface area contributed by atoms with Crippen LogP contribution in [0, 0.1) is 0 Å². The van der Waals surface area contributed by atoms with E-state index in [4.69, 9.17) is 9.47 Å². The molecule has 0 amide bonds. The summed E-state index contributed by atoms with van der Waals surface area (Å²) in [7, 11) is 0. The van der Waals surface area contributed by atoms with E-state index in [0.29, 0.717) is 25.7 Å². The van der Waals surface area contributed by atoms with E-state index in [1.165, 1.54) is 12.8 Å². The van der Waals surface area contributed by atoms with Crippen molar-refractivity contribution < 1.29 is 14.3 Å². The molecule has 1 fully saturated rings. The zero-order valence-electron chi connectivity index (χ0n) is 13.2. The highest BCUT2D eigenvalue weighted by Gasteiger charge is 2.20. The zero-order chi connectivity index (χ0) is 15.0. The van der Waals surface area contributed by atoms with Crippen LogP contribution in [0.25, 0.3) is 0 Å². The number of carbonyl (C=O) groups is 1. The summed E-state index contributed by atoms with van der Waals surface area (Å²) in [6.07, 6.45) is 5.85. The topological polar surface area (TPSA) is 38.8 Å². The third kappa shape index (κ3) is 7.06. The second kappa shape index (κ2) is 8.42. The van der Waals surface area contributed by atoms with E-state index < -0.39 is 5.60 Å². The fraction of sp³-hybridized carbons (Fsp3) is 0.812. The SMILES string of the molecule is C=CC1CCCN1CCCOCCC(=O)OC(C)(C)C. The minimum Gasteiger partial charge on any atom is -0.460 e. The number of hydrogen-bond donors (Lipinski definition) is 0. The lowest BCUT2D eigenvalue weighted by atomic mass is 10.2. The van der Waals surface area contributed by atoms with Gasteiger partial charge in [0, 0.05) is 19.2 Å². The van der Waals surface area contributed by atoms with Gasteiger partial charge in [0.2, 0.25) is 0 Å². The standard InChI is InChI=1S/C16H29NO3/c1-5-14-8-6-10-17(14)11-7-12-19-13-9-15(18)20-16(2,3)4/h5,14H,1,6-13H2,2-4H3. The Kier molecular flexibility index (Phi) is 7.24. The Morgan fingerprint density at radius 2 is 2.15 bits per heavy atom. The van der Waals surface area contributed by atoms with Gasteiger partial charge in [0.25, 0.3) is 0 Å². The predicted molar refractivity (Wildman–Crippen MR) is 80.7 cm³/mol. The van der Waals surface area contributed by atoms with Crippen molar-refractivity contribution in [3.63, 3.8) is 0 Å². The van der Waals surface area contributed by atoms with Gasteiger partial charge in [-0.1, -0.05) is 6.08 Å². The van der Waals surface area contributed by atoms with E-state index in [0.717, 1.165) is 19.5 Å². The Balaban J connectivity index is 2.00. The molecule has 1 aliphatic rings. The number of likely N-dealkylation sites (tertiary alicyclic amines) is 1. The van der Waals surface area contributed by atoms with Crippen molar-refractivity contribution in [2.75, 3.05) is 26.3 Å². The van der Waals surface area contributed by atoms with Crippen LogP contribution in [0.1, 0.15) is 46.5 Å². The third-order valence-corrected chi connectivity index (χ3v) is 3.29. The number of nitrogens with zero attached hydrogens (tertiary/aromatic N) is 1. The van der Waals surface area contributed by atoms with Gasteiger partial charge in [-0.05, 0) is 46.6 Å². The van der Waals surface area contributed by atoms with Gasteiger partial charge < -0.3 is 9.47 Å². The molecule has 0 saturated carbocycles. The first-order chi connectivity index (χ1) is 9.42. The summed E-state index contributed by atoms with van der Waals surface area (Å²) in [5.41, 5.74) is -0.410. The van der Waals surface area contributed by atoms with Crippen LogP contribution in [-0.4, -0.2) is 48.8 Å². The average molecular weight is 283 g/mol. The number of carbonyl (C=O) groups excluding carboxylic acids is 1. The smallest absolute Gasteiger partial charge is 0.308 e. The number of hydrogen-bond acceptors (Lipinski definition) is 4. The Morgan fingerprint density at radius 3 is 2.80 bits per heavy atom. The van der Waals surface area contributed by atoms with Crippen LogP contribution in [0.2, 0.25) is 0 Å². The summed E-state index contributed by atoms with van der Waals surface area (Å²) in [6, 6.07) is 0.539. The monoisotopic (exact) mass is 283 g/mol. The second-order valence-electron chi connectivity index (χ2n) is 6.28. The molecular weight excluding hydrogens is 254 g/mol. The molecule has 0 aliphatic carbocycles. The van der Waals surface area contributed by atoms with Crippen molar-refractivity contribution in [3.05, 3.63) is 12.7 Å². The Bertz CT molecular complexity index is 309. The fourth-order valence-corrected chi connectivity index (χ4v) is 2.42. The molecule has 0 radical (unpaired) electrons. The van der Waals surface area contributed by atoms with Gasteiger partial charge in [0.15, 0.2) is 0 Å². The van der Waals surface area contributed by atoms with Gasteiger partial charge in [0.1, 0.15) is 5.60 Å².